The van der Waals surface area contributed by atoms with E-state index in [9.17, 15) is 14.4 Å². The van der Waals surface area contributed by atoms with Crippen molar-refractivity contribution < 1.29 is 19.1 Å². The van der Waals surface area contributed by atoms with Crippen molar-refractivity contribution in [3.05, 3.63) is 40.6 Å². The topological polar surface area (TPSA) is 106 Å². The zero-order valence-electron chi connectivity index (χ0n) is 17.5. The van der Waals surface area contributed by atoms with Crippen LogP contribution in [0.2, 0.25) is 0 Å². The predicted octanol–water partition coefficient (Wildman–Crippen LogP) is 2.39. The van der Waals surface area contributed by atoms with Crippen molar-refractivity contribution in [1.82, 2.24) is 15.1 Å². The van der Waals surface area contributed by atoms with Crippen molar-refractivity contribution in [2.45, 2.75) is 46.2 Å². The quantitative estimate of drug-likeness (QED) is 0.800. The molecule has 0 radical (unpaired) electrons. The molecule has 3 heterocycles. The molecule has 9 nitrogen and oxygen atoms in total. The lowest BCUT2D eigenvalue weighted by Gasteiger charge is -2.18. The van der Waals surface area contributed by atoms with E-state index < -0.39 is 11.5 Å². The highest BCUT2D eigenvalue weighted by Gasteiger charge is 2.43. The molecule has 30 heavy (non-hydrogen) atoms. The fourth-order valence-electron chi connectivity index (χ4n) is 4.07. The van der Waals surface area contributed by atoms with Crippen LogP contribution in [0.3, 0.4) is 0 Å². The van der Waals surface area contributed by atoms with Gasteiger partial charge in [0.2, 0.25) is 5.91 Å². The Morgan fingerprint density at radius 2 is 2.03 bits per heavy atom. The number of aromatic nitrogens is 2. The van der Waals surface area contributed by atoms with Crippen LogP contribution in [0, 0.1) is 0 Å². The zero-order valence-corrected chi connectivity index (χ0v) is 17.5. The summed E-state index contributed by atoms with van der Waals surface area (Å²) in [5.74, 6) is 0.00107. The summed E-state index contributed by atoms with van der Waals surface area (Å²) in [5.41, 5.74) is 2.91. The number of ether oxygens (including phenoxy) is 1. The SMILES string of the molecule is CCOC(=O)n1nc(NC(=O)c2ccc3c(c2)N(CC)C(=O)C3(C)C)c2c1CNC2. The minimum absolute atomic E-state index is 0.0228. The molecule has 1 aromatic heterocycles. The van der Waals surface area contributed by atoms with Crippen LogP contribution < -0.4 is 15.5 Å². The minimum Gasteiger partial charge on any atom is -0.448 e. The van der Waals surface area contributed by atoms with Gasteiger partial charge in [0.15, 0.2) is 5.82 Å². The molecule has 2 amide bonds. The van der Waals surface area contributed by atoms with Crippen LogP contribution in [0.25, 0.3) is 0 Å². The second-order valence-corrected chi connectivity index (χ2v) is 7.85. The zero-order chi connectivity index (χ0) is 21.6. The van der Waals surface area contributed by atoms with Gasteiger partial charge < -0.3 is 20.3 Å². The van der Waals surface area contributed by atoms with Crippen LogP contribution in [-0.2, 0) is 28.0 Å². The van der Waals surface area contributed by atoms with Gasteiger partial charge in [-0.25, -0.2) is 4.79 Å². The number of amides is 2. The Bertz CT molecular complexity index is 1060. The maximum Gasteiger partial charge on any atom is 0.435 e. The monoisotopic (exact) mass is 411 g/mol. The smallest absolute Gasteiger partial charge is 0.435 e. The molecule has 0 aliphatic carbocycles. The molecule has 2 N–H and O–H groups in total. The van der Waals surface area contributed by atoms with Gasteiger partial charge in [0.1, 0.15) is 0 Å². The van der Waals surface area contributed by atoms with Gasteiger partial charge in [-0.1, -0.05) is 6.07 Å². The number of nitrogens with zero attached hydrogens (tertiary/aromatic N) is 3. The molecule has 2 aliphatic rings. The van der Waals surface area contributed by atoms with Crippen molar-refractivity contribution in [1.29, 1.82) is 0 Å². The number of benzene rings is 1. The van der Waals surface area contributed by atoms with Crippen LogP contribution >= 0.6 is 0 Å². The molecular weight excluding hydrogens is 386 g/mol. The second-order valence-electron chi connectivity index (χ2n) is 7.85. The van der Waals surface area contributed by atoms with Gasteiger partial charge in [-0.15, -0.1) is 5.10 Å². The minimum atomic E-state index is -0.620. The van der Waals surface area contributed by atoms with E-state index in [4.69, 9.17) is 4.74 Å². The highest BCUT2D eigenvalue weighted by atomic mass is 16.6. The standard InChI is InChI=1S/C21H25N5O4/c1-5-25-15-9-12(7-8-14(15)21(3,4)19(25)28)18(27)23-17-13-10-22-11-16(13)26(24-17)20(29)30-6-2/h7-9,22H,5-6,10-11H2,1-4H3,(H,23,24,27). The lowest BCUT2D eigenvalue weighted by molar-refractivity contribution is -0.122. The van der Waals surface area contributed by atoms with Gasteiger partial charge in [0.25, 0.3) is 5.91 Å². The third-order valence-electron chi connectivity index (χ3n) is 5.68. The number of likely N-dealkylation sites (N-methyl/N-ethyl adjacent to an activating group) is 1. The number of hydrogen-bond donors (Lipinski definition) is 2. The molecule has 0 atom stereocenters. The maximum absolute atomic E-state index is 13.0. The Kier molecular flexibility index (Phi) is 4.85. The van der Waals surface area contributed by atoms with Gasteiger partial charge in [-0.3, -0.25) is 9.59 Å². The lowest BCUT2D eigenvalue weighted by atomic mass is 9.86. The summed E-state index contributed by atoms with van der Waals surface area (Å²) in [7, 11) is 0. The highest BCUT2D eigenvalue weighted by Crippen LogP contribution is 2.41. The van der Waals surface area contributed by atoms with E-state index in [1.165, 1.54) is 4.68 Å². The molecule has 158 valence electrons. The Hall–Kier alpha value is -3.20. The Morgan fingerprint density at radius 3 is 2.73 bits per heavy atom. The van der Waals surface area contributed by atoms with Crippen molar-refractivity contribution in [3.63, 3.8) is 0 Å². The lowest BCUT2D eigenvalue weighted by Crippen LogP contribution is -2.35. The first-order chi connectivity index (χ1) is 14.3. The summed E-state index contributed by atoms with van der Waals surface area (Å²) < 4.78 is 6.24. The summed E-state index contributed by atoms with van der Waals surface area (Å²) in [6, 6.07) is 5.28. The van der Waals surface area contributed by atoms with Crippen molar-refractivity contribution >= 4 is 29.4 Å². The third kappa shape index (κ3) is 2.97. The summed E-state index contributed by atoms with van der Waals surface area (Å²) in [5, 5.41) is 10.2. The number of carbonyl (C=O) groups is 3. The van der Waals surface area contributed by atoms with Gasteiger partial charge in [-0.2, -0.15) is 4.68 Å². The summed E-state index contributed by atoms with van der Waals surface area (Å²) in [4.78, 5) is 39.5. The maximum atomic E-state index is 13.0. The molecule has 0 fully saturated rings. The number of rotatable bonds is 4. The first-order valence-corrected chi connectivity index (χ1v) is 10.1. The van der Waals surface area contributed by atoms with E-state index in [2.05, 4.69) is 15.7 Å². The average Bonchev–Trinajstić information content (AvgIpc) is 3.36. The van der Waals surface area contributed by atoms with Gasteiger partial charge in [-0.05, 0) is 45.4 Å². The number of fused-ring (bicyclic) bond motifs is 2. The van der Waals surface area contributed by atoms with E-state index in [0.717, 1.165) is 16.8 Å². The third-order valence-corrected chi connectivity index (χ3v) is 5.68. The molecule has 0 bridgehead atoms. The first-order valence-electron chi connectivity index (χ1n) is 10.1. The van der Waals surface area contributed by atoms with Crippen LogP contribution in [-0.4, -0.2) is 40.8 Å². The van der Waals surface area contributed by atoms with Crippen LogP contribution in [0.15, 0.2) is 18.2 Å². The number of carbonyl (C=O) groups excluding carboxylic acids is 3. The van der Waals surface area contributed by atoms with Gasteiger partial charge >= 0.3 is 6.09 Å². The number of hydrogen-bond acceptors (Lipinski definition) is 6. The molecule has 0 unspecified atom stereocenters. The van der Waals surface area contributed by atoms with Crippen molar-refractivity contribution in [3.8, 4) is 0 Å². The summed E-state index contributed by atoms with van der Waals surface area (Å²) >= 11 is 0. The van der Waals surface area contributed by atoms with E-state index in [-0.39, 0.29) is 18.4 Å². The molecule has 1 aromatic carbocycles. The Balaban J connectivity index is 1.64. The largest absolute Gasteiger partial charge is 0.448 e. The van der Waals surface area contributed by atoms with Crippen LogP contribution in [0.5, 0.6) is 0 Å². The number of nitrogens with one attached hydrogen (secondary N) is 2. The Morgan fingerprint density at radius 1 is 1.27 bits per heavy atom. The van der Waals surface area contributed by atoms with Crippen molar-refractivity contribution in [2.24, 2.45) is 0 Å². The summed E-state index contributed by atoms with van der Waals surface area (Å²) in [6.07, 6.45) is -0.574. The molecule has 2 aromatic rings. The molecule has 0 spiro atoms. The fraction of sp³-hybridized carbons (Fsp3) is 0.429. The van der Waals surface area contributed by atoms with Crippen molar-refractivity contribution in [2.75, 3.05) is 23.4 Å². The average molecular weight is 411 g/mol. The fourth-order valence-corrected chi connectivity index (χ4v) is 4.07. The van der Waals surface area contributed by atoms with E-state index in [1.807, 2.05) is 26.8 Å². The summed E-state index contributed by atoms with van der Waals surface area (Å²) in [6.45, 7) is 9.16. The first kappa shape index (κ1) is 20.1. The molecule has 4 rings (SSSR count). The van der Waals surface area contributed by atoms with Crippen LogP contribution in [0.4, 0.5) is 16.3 Å². The van der Waals surface area contributed by atoms with E-state index in [1.54, 1.807) is 24.0 Å². The molecule has 0 saturated heterocycles. The van der Waals surface area contributed by atoms with E-state index in [0.29, 0.717) is 36.7 Å². The van der Waals surface area contributed by atoms with Gasteiger partial charge in [0, 0.05) is 36.4 Å². The second kappa shape index (κ2) is 7.24. The molecule has 0 saturated carbocycles. The molecule has 9 heteroatoms. The highest BCUT2D eigenvalue weighted by molar-refractivity contribution is 6.10. The molecule has 2 aliphatic heterocycles. The Labute approximate surface area is 174 Å². The van der Waals surface area contributed by atoms with Gasteiger partial charge in [0.05, 0.1) is 17.7 Å². The predicted molar refractivity (Wildman–Crippen MR) is 111 cm³/mol. The van der Waals surface area contributed by atoms with Crippen LogP contribution in [0.1, 0.15) is 54.9 Å². The normalized spacial score (nSPS) is 16.4. The van der Waals surface area contributed by atoms with E-state index >= 15 is 0 Å². The molecular formula is C21H25N5O4. The number of anilines is 2.